The predicted molar refractivity (Wildman–Crippen MR) is 75.7 cm³/mol. The molecule has 0 saturated carbocycles. The van der Waals surface area contributed by atoms with Crippen molar-refractivity contribution in [2.45, 2.75) is 31.1 Å². The summed E-state index contributed by atoms with van der Waals surface area (Å²) in [5, 5.41) is 1.44. The Hall–Kier alpha value is -0.0600. The van der Waals surface area contributed by atoms with Crippen LogP contribution in [0.2, 0.25) is 0 Å². The first kappa shape index (κ1) is 13.4. The van der Waals surface area contributed by atoms with Crippen molar-refractivity contribution in [2.24, 2.45) is 0 Å². The van der Waals surface area contributed by atoms with Gasteiger partial charge < -0.3 is 4.90 Å². The number of rotatable bonds is 2. The largest absolute Gasteiger partial charge is 0.341 e. The molecule has 0 aromatic carbocycles. The van der Waals surface area contributed by atoms with E-state index < -0.39 is 5.38 Å². The standard InChI is InChI=1S/C12H15BrClNOS/c13-9-7-10(17-8-9)11(14)12(16)15-5-3-1-2-4-6-15/h7-8,11H,1-6H2. The predicted octanol–water partition coefficient (Wildman–Crippen LogP) is 4.19. The minimum Gasteiger partial charge on any atom is -0.341 e. The molecule has 1 amide bonds. The van der Waals surface area contributed by atoms with Gasteiger partial charge in [0.1, 0.15) is 5.38 Å². The van der Waals surface area contributed by atoms with Gasteiger partial charge in [0.2, 0.25) is 5.91 Å². The molecule has 17 heavy (non-hydrogen) atoms. The monoisotopic (exact) mass is 335 g/mol. The second-order valence-corrected chi connectivity index (χ2v) is 6.56. The Morgan fingerprint density at radius 1 is 1.35 bits per heavy atom. The van der Waals surface area contributed by atoms with Crippen molar-refractivity contribution in [3.8, 4) is 0 Å². The molecular formula is C12H15BrClNOS. The van der Waals surface area contributed by atoms with Crippen LogP contribution in [0.3, 0.4) is 0 Å². The molecule has 0 radical (unpaired) electrons. The molecule has 2 rings (SSSR count). The fourth-order valence-electron chi connectivity index (χ4n) is 2.03. The molecule has 0 N–H and O–H groups in total. The van der Waals surface area contributed by atoms with Crippen LogP contribution in [0.15, 0.2) is 15.9 Å². The number of thiophene rings is 1. The van der Waals surface area contributed by atoms with E-state index in [-0.39, 0.29) is 5.91 Å². The third kappa shape index (κ3) is 3.46. The summed E-state index contributed by atoms with van der Waals surface area (Å²) in [5.74, 6) is 0.0583. The van der Waals surface area contributed by atoms with Gasteiger partial charge in [-0.2, -0.15) is 0 Å². The molecule has 1 unspecified atom stereocenters. The molecule has 0 aliphatic carbocycles. The summed E-state index contributed by atoms with van der Waals surface area (Å²) < 4.78 is 0.992. The van der Waals surface area contributed by atoms with Gasteiger partial charge in [0.15, 0.2) is 0 Å². The van der Waals surface area contributed by atoms with E-state index in [9.17, 15) is 4.79 Å². The number of alkyl halides is 1. The van der Waals surface area contributed by atoms with E-state index in [1.807, 2.05) is 16.3 Å². The Balaban J connectivity index is 2.03. The van der Waals surface area contributed by atoms with Crippen molar-refractivity contribution in [3.05, 3.63) is 20.8 Å². The fourth-order valence-corrected chi connectivity index (χ4v) is 3.80. The highest BCUT2D eigenvalue weighted by atomic mass is 79.9. The number of likely N-dealkylation sites (tertiary alicyclic amines) is 1. The lowest BCUT2D eigenvalue weighted by molar-refractivity contribution is -0.130. The third-order valence-electron chi connectivity index (χ3n) is 2.97. The van der Waals surface area contributed by atoms with Gasteiger partial charge in [0.25, 0.3) is 0 Å². The molecule has 1 aromatic rings. The molecule has 0 spiro atoms. The highest BCUT2D eigenvalue weighted by molar-refractivity contribution is 9.10. The fraction of sp³-hybridized carbons (Fsp3) is 0.583. The van der Waals surface area contributed by atoms with Gasteiger partial charge in [0, 0.05) is 27.8 Å². The van der Waals surface area contributed by atoms with Crippen LogP contribution in [0.5, 0.6) is 0 Å². The van der Waals surface area contributed by atoms with Crippen LogP contribution in [-0.2, 0) is 4.79 Å². The molecule has 1 aliphatic rings. The average molecular weight is 337 g/mol. The van der Waals surface area contributed by atoms with E-state index in [1.54, 1.807) is 0 Å². The third-order valence-corrected chi connectivity index (χ3v) is 5.28. The minimum atomic E-state index is -0.524. The summed E-state index contributed by atoms with van der Waals surface area (Å²) >= 11 is 11.2. The highest BCUT2D eigenvalue weighted by Crippen LogP contribution is 2.31. The van der Waals surface area contributed by atoms with Gasteiger partial charge in [-0.15, -0.1) is 22.9 Å². The zero-order valence-corrected chi connectivity index (χ0v) is 12.7. The zero-order chi connectivity index (χ0) is 12.3. The van der Waals surface area contributed by atoms with Crippen LogP contribution in [0.25, 0.3) is 0 Å². The maximum Gasteiger partial charge on any atom is 0.246 e. The maximum atomic E-state index is 12.2. The number of carbonyl (C=O) groups is 1. The Labute approximate surface area is 119 Å². The molecule has 1 atom stereocenters. The van der Waals surface area contributed by atoms with Gasteiger partial charge in [0.05, 0.1) is 0 Å². The lowest BCUT2D eigenvalue weighted by atomic mass is 10.2. The molecule has 1 saturated heterocycles. The zero-order valence-electron chi connectivity index (χ0n) is 9.49. The number of amides is 1. The maximum absolute atomic E-state index is 12.2. The summed E-state index contributed by atoms with van der Waals surface area (Å²) in [5.41, 5.74) is 0. The van der Waals surface area contributed by atoms with Crippen molar-refractivity contribution < 1.29 is 4.79 Å². The summed E-state index contributed by atoms with van der Waals surface area (Å²) in [6, 6.07) is 1.93. The lowest BCUT2D eigenvalue weighted by Crippen LogP contribution is -2.34. The van der Waals surface area contributed by atoms with Gasteiger partial charge in [-0.25, -0.2) is 0 Å². The van der Waals surface area contributed by atoms with Gasteiger partial charge in [-0.3, -0.25) is 4.79 Å². The van der Waals surface area contributed by atoms with E-state index in [1.165, 1.54) is 24.2 Å². The normalized spacial score (nSPS) is 18.8. The smallest absolute Gasteiger partial charge is 0.246 e. The van der Waals surface area contributed by atoms with Crippen molar-refractivity contribution in [1.82, 2.24) is 4.90 Å². The van der Waals surface area contributed by atoms with Crippen LogP contribution >= 0.6 is 38.9 Å². The lowest BCUT2D eigenvalue weighted by Gasteiger charge is -2.22. The van der Waals surface area contributed by atoms with Crippen LogP contribution < -0.4 is 0 Å². The van der Waals surface area contributed by atoms with Crippen LogP contribution in [0.4, 0.5) is 0 Å². The van der Waals surface area contributed by atoms with E-state index in [0.717, 1.165) is 35.3 Å². The van der Waals surface area contributed by atoms with Crippen LogP contribution in [0, 0.1) is 0 Å². The van der Waals surface area contributed by atoms with Crippen molar-refractivity contribution >= 4 is 44.8 Å². The topological polar surface area (TPSA) is 20.3 Å². The second kappa shape index (κ2) is 6.21. The molecule has 5 heteroatoms. The van der Waals surface area contributed by atoms with E-state index >= 15 is 0 Å². The highest BCUT2D eigenvalue weighted by Gasteiger charge is 2.25. The molecular weight excluding hydrogens is 322 g/mol. The van der Waals surface area contributed by atoms with Crippen LogP contribution in [0.1, 0.15) is 35.9 Å². The molecule has 1 fully saturated rings. The average Bonchev–Trinajstić information content (AvgIpc) is 2.60. The quantitative estimate of drug-likeness (QED) is 0.741. The van der Waals surface area contributed by atoms with Crippen molar-refractivity contribution in [1.29, 1.82) is 0 Å². The van der Waals surface area contributed by atoms with E-state index in [0.29, 0.717) is 0 Å². The molecule has 0 bridgehead atoms. The van der Waals surface area contributed by atoms with Gasteiger partial charge >= 0.3 is 0 Å². The van der Waals surface area contributed by atoms with E-state index in [2.05, 4.69) is 15.9 Å². The summed E-state index contributed by atoms with van der Waals surface area (Å²) in [6.07, 6.45) is 4.65. The molecule has 2 heterocycles. The number of carbonyl (C=O) groups excluding carboxylic acids is 1. The first-order chi connectivity index (χ1) is 8.18. The summed E-state index contributed by atoms with van der Waals surface area (Å²) in [7, 11) is 0. The molecule has 2 nitrogen and oxygen atoms in total. The first-order valence-electron chi connectivity index (χ1n) is 5.85. The Kier molecular flexibility index (Phi) is 4.88. The Morgan fingerprint density at radius 3 is 2.53 bits per heavy atom. The molecule has 1 aliphatic heterocycles. The Morgan fingerprint density at radius 2 is 2.00 bits per heavy atom. The Bertz CT molecular complexity index is 388. The van der Waals surface area contributed by atoms with Gasteiger partial charge in [-0.1, -0.05) is 12.8 Å². The number of nitrogens with zero attached hydrogens (tertiary/aromatic N) is 1. The summed E-state index contributed by atoms with van der Waals surface area (Å²) in [4.78, 5) is 15.1. The van der Waals surface area contributed by atoms with Crippen molar-refractivity contribution in [2.75, 3.05) is 13.1 Å². The number of hydrogen-bond donors (Lipinski definition) is 0. The van der Waals surface area contributed by atoms with Crippen LogP contribution in [-0.4, -0.2) is 23.9 Å². The number of halogens is 2. The summed E-state index contributed by atoms with van der Waals surface area (Å²) in [6.45, 7) is 1.71. The van der Waals surface area contributed by atoms with Gasteiger partial charge in [-0.05, 0) is 34.8 Å². The van der Waals surface area contributed by atoms with E-state index in [4.69, 9.17) is 11.6 Å². The minimum absolute atomic E-state index is 0.0583. The SMILES string of the molecule is O=C(C(Cl)c1cc(Br)cs1)N1CCCCCC1. The van der Waals surface area contributed by atoms with Crippen molar-refractivity contribution in [3.63, 3.8) is 0 Å². The first-order valence-corrected chi connectivity index (χ1v) is 7.96. The number of hydrogen-bond acceptors (Lipinski definition) is 2. The molecule has 94 valence electrons. The molecule has 1 aromatic heterocycles. The second-order valence-electron chi connectivity index (χ2n) is 4.27.